The van der Waals surface area contributed by atoms with Crippen LogP contribution in [-0.4, -0.2) is 0 Å². The van der Waals surface area contributed by atoms with Crippen LogP contribution in [0.25, 0.3) is 87.3 Å². The summed E-state index contributed by atoms with van der Waals surface area (Å²) in [4.78, 5) is 4.81. The molecular weight excluding hydrogens is 937 g/mol. The fourth-order valence-electron chi connectivity index (χ4n) is 13.0. The number of hydrogen-bond acceptors (Lipinski definition) is 4. The van der Waals surface area contributed by atoms with Crippen molar-refractivity contribution in [2.24, 2.45) is 0 Å². The number of anilines is 6. The molecule has 77 heavy (non-hydrogen) atoms. The number of benzene rings is 13. The Balaban J connectivity index is 0.992. The van der Waals surface area contributed by atoms with E-state index in [-0.39, 0.29) is 0 Å². The monoisotopic (exact) mass is 982 g/mol. The summed E-state index contributed by atoms with van der Waals surface area (Å²) in [6, 6.07) is 101. The maximum Gasteiger partial charge on any atom is 0.159 e. The minimum Gasteiger partial charge on any atom is -0.453 e. The lowest BCUT2D eigenvalue weighted by Gasteiger charge is -2.36. The second-order valence-electron chi connectivity index (χ2n) is 20.3. The molecule has 4 nitrogen and oxygen atoms in total. The van der Waals surface area contributed by atoms with E-state index >= 15 is 0 Å². The molecule has 0 fully saturated rings. The van der Waals surface area contributed by atoms with Crippen LogP contribution in [-0.2, 0) is 5.41 Å². The lowest BCUT2D eigenvalue weighted by atomic mass is 9.67. The van der Waals surface area contributed by atoms with Crippen LogP contribution in [0, 0.1) is 0 Å². The van der Waals surface area contributed by atoms with Crippen molar-refractivity contribution in [2.75, 3.05) is 9.80 Å². The van der Waals surface area contributed by atoms with Crippen molar-refractivity contribution >= 4 is 110 Å². The van der Waals surface area contributed by atoms with Gasteiger partial charge < -0.3 is 18.6 Å². The highest BCUT2D eigenvalue weighted by molar-refractivity contribution is 6.20. The van der Waals surface area contributed by atoms with Crippen LogP contribution in [0.2, 0.25) is 0 Å². The van der Waals surface area contributed by atoms with Gasteiger partial charge in [-0.2, -0.15) is 0 Å². The molecule has 0 radical (unpaired) electrons. The third kappa shape index (κ3) is 6.33. The molecule has 13 aromatic carbocycles. The normalized spacial score (nSPS) is 12.8. The highest BCUT2D eigenvalue weighted by atomic mass is 16.3. The molecule has 15 aromatic rings. The van der Waals surface area contributed by atoms with Crippen LogP contribution >= 0.6 is 0 Å². The first-order valence-electron chi connectivity index (χ1n) is 26.4. The molecule has 0 saturated carbocycles. The van der Waals surface area contributed by atoms with E-state index in [1.807, 2.05) is 0 Å². The first-order chi connectivity index (χ1) is 38.2. The van der Waals surface area contributed by atoms with Crippen LogP contribution in [0.15, 0.2) is 288 Å². The molecule has 0 spiro atoms. The van der Waals surface area contributed by atoms with Crippen molar-refractivity contribution < 1.29 is 8.83 Å². The van der Waals surface area contributed by atoms with Crippen molar-refractivity contribution in [1.29, 1.82) is 0 Å². The Hall–Kier alpha value is -10.2. The summed E-state index contributed by atoms with van der Waals surface area (Å²) >= 11 is 0. The van der Waals surface area contributed by atoms with Gasteiger partial charge in [0.2, 0.25) is 0 Å². The number of nitrogens with zero attached hydrogens (tertiary/aromatic N) is 2. The molecule has 0 N–H and O–H groups in total. The Bertz CT molecular complexity index is 4770. The summed E-state index contributed by atoms with van der Waals surface area (Å²) in [5.41, 5.74) is 16.0. The van der Waals surface area contributed by atoms with Gasteiger partial charge in [-0.3, -0.25) is 0 Å². The average molecular weight is 983 g/mol. The third-order valence-electron chi connectivity index (χ3n) is 16.3. The summed E-state index contributed by atoms with van der Waals surface area (Å²) in [6.07, 6.45) is 0. The Labute approximate surface area is 444 Å². The van der Waals surface area contributed by atoms with Gasteiger partial charge in [0.1, 0.15) is 11.2 Å². The Morgan fingerprint density at radius 2 is 0.701 bits per heavy atom. The third-order valence-corrected chi connectivity index (χ3v) is 16.3. The number of fused-ring (bicyclic) bond motifs is 15. The van der Waals surface area contributed by atoms with Gasteiger partial charge in [-0.15, -0.1) is 0 Å². The van der Waals surface area contributed by atoms with Gasteiger partial charge in [0.25, 0.3) is 0 Å². The van der Waals surface area contributed by atoms with Gasteiger partial charge in [0.05, 0.1) is 22.5 Å². The zero-order chi connectivity index (χ0) is 50.6. The van der Waals surface area contributed by atoms with E-state index in [1.165, 1.54) is 38.8 Å². The first-order valence-corrected chi connectivity index (χ1v) is 26.4. The molecule has 2 aromatic heterocycles. The van der Waals surface area contributed by atoms with E-state index in [0.29, 0.717) is 0 Å². The van der Waals surface area contributed by atoms with Crippen molar-refractivity contribution in [3.63, 3.8) is 0 Å². The van der Waals surface area contributed by atoms with E-state index in [0.717, 1.165) is 105 Å². The molecule has 0 aliphatic heterocycles. The quantitative estimate of drug-likeness (QED) is 0.152. The molecule has 2 heterocycles. The van der Waals surface area contributed by atoms with Gasteiger partial charge in [-0.1, -0.05) is 212 Å². The number of furan rings is 2. The molecule has 0 unspecified atom stereocenters. The predicted molar refractivity (Wildman–Crippen MR) is 320 cm³/mol. The molecule has 360 valence electrons. The summed E-state index contributed by atoms with van der Waals surface area (Å²) in [6.45, 7) is 0. The van der Waals surface area contributed by atoms with Gasteiger partial charge in [-0.05, 0) is 116 Å². The zero-order valence-corrected chi connectivity index (χ0v) is 41.8. The van der Waals surface area contributed by atoms with Crippen LogP contribution < -0.4 is 9.80 Å². The van der Waals surface area contributed by atoms with Crippen LogP contribution in [0.3, 0.4) is 0 Å². The molecular formula is C73H46N2O2. The van der Waals surface area contributed by atoms with E-state index in [4.69, 9.17) is 8.83 Å². The summed E-state index contributed by atoms with van der Waals surface area (Å²) in [5.74, 6) is 0. The van der Waals surface area contributed by atoms with E-state index in [1.54, 1.807) is 0 Å². The summed E-state index contributed by atoms with van der Waals surface area (Å²) < 4.78 is 14.3. The Morgan fingerprint density at radius 3 is 1.26 bits per heavy atom. The van der Waals surface area contributed by atoms with Crippen molar-refractivity contribution in [3.8, 4) is 11.1 Å². The number of hydrogen-bond donors (Lipinski definition) is 0. The van der Waals surface area contributed by atoms with Crippen molar-refractivity contribution in [1.82, 2.24) is 0 Å². The Morgan fingerprint density at radius 1 is 0.260 bits per heavy atom. The molecule has 0 bridgehead atoms. The molecule has 0 saturated heterocycles. The van der Waals surface area contributed by atoms with E-state index < -0.39 is 5.41 Å². The maximum absolute atomic E-state index is 7.17. The SMILES string of the molecule is c1ccc(N(c2ccc3c(c2)C(c2ccccc2)(c2ccccc2)c2cc(N(c4ccccc4)c4cccc5c4oc4c6ccccc6ccc54)c4ccccc4c2-3)c2cccc3c2oc2c4ccccc4ccc32)cc1. The second-order valence-corrected chi connectivity index (χ2v) is 20.3. The summed E-state index contributed by atoms with van der Waals surface area (Å²) in [5, 5.41) is 11.2. The van der Waals surface area contributed by atoms with Crippen LogP contribution in [0.5, 0.6) is 0 Å². The molecule has 0 amide bonds. The lowest BCUT2D eigenvalue weighted by molar-refractivity contribution is 0.672. The number of rotatable bonds is 8. The minimum absolute atomic E-state index is 0.777. The predicted octanol–water partition coefficient (Wildman–Crippen LogP) is 20.2. The molecule has 16 rings (SSSR count). The van der Waals surface area contributed by atoms with Crippen LogP contribution in [0.1, 0.15) is 22.3 Å². The Kier molecular flexibility index (Phi) is 9.52. The highest BCUT2D eigenvalue weighted by Gasteiger charge is 2.48. The largest absolute Gasteiger partial charge is 0.453 e. The standard InChI is InChI=1S/C73H46N2O2/c1-5-23-49(24-6-1)73(50-25-7-2-8-26-50)63-45-53(74(51-27-9-3-10-28-51)65-37-19-35-58-60-42-39-47-21-13-15-31-54(47)69(60)76-71(58)65)41-44-62(63)68-57-34-18-17-33-56(57)67(46-64(68)73)75(52-29-11-4-12-30-52)66-38-20-36-59-61-43-40-48-22-14-16-32-55(48)70(61)77-72(59)66/h1-46H. The first kappa shape index (κ1) is 43.3. The van der Waals surface area contributed by atoms with E-state index in [2.05, 4.69) is 289 Å². The van der Waals surface area contributed by atoms with Crippen molar-refractivity contribution in [3.05, 3.63) is 301 Å². The van der Waals surface area contributed by atoms with Gasteiger partial charge in [-0.25, -0.2) is 0 Å². The van der Waals surface area contributed by atoms with Crippen LogP contribution in [0.4, 0.5) is 34.1 Å². The smallest absolute Gasteiger partial charge is 0.159 e. The molecule has 4 heteroatoms. The zero-order valence-electron chi connectivity index (χ0n) is 41.8. The topological polar surface area (TPSA) is 32.8 Å². The fourth-order valence-corrected chi connectivity index (χ4v) is 13.0. The average Bonchev–Trinajstić information content (AvgIpc) is 4.40. The maximum atomic E-state index is 7.17. The van der Waals surface area contributed by atoms with E-state index in [9.17, 15) is 0 Å². The molecule has 1 aliphatic rings. The second kappa shape index (κ2) is 16.9. The number of para-hydroxylation sites is 4. The van der Waals surface area contributed by atoms with Gasteiger partial charge in [0.15, 0.2) is 11.2 Å². The van der Waals surface area contributed by atoms with Crippen molar-refractivity contribution in [2.45, 2.75) is 5.41 Å². The highest BCUT2D eigenvalue weighted by Crippen LogP contribution is 2.61. The fraction of sp³-hybridized carbons (Fsp3) is 0.0137. The van der Waals surface area contributed by atoms with Gasteiger partial charge >= 0.3 is 0 Å². The van der Waals surface area contributed by atoms with Gasteiger partial charge in [0, 0.05) is 54.8 Å². The summed E-state index contributed by atoms with van der Waals surface area (Å²) in [7, 11) is 0. The minimum atomic E-state index is -0.777. The molecule has 0 atom stereocenters. The lowest BCUT2D eigenvalue weighted by Crippen LogP contribution is -2.29. The molecule has 1 aliphatic carbocycles.